The molecule has 0 fully saturated rings. The second-order valence-corrected chi connectivity index (χ2v) is 5.39. The monoisotopic (exact) mass is 310 g/mol. The summed E-state index contributed by atoms with van der Waals surface area (Å²) in [5.41, 5.74) is 6.08. The largest absolute Gasteiger partial charge is 0.469 e. The van der Waals surface area contributed by atoms with E-state index in [0.717, 1.165) is 23.6 Å². The maximum absolute atomic E-state index is 10.9. The number of hydrogen-bond acceptors (Lipinski definition) is 6. The standard InChI is InChI=1S/C13H18N4O3S/c1-9-10(4-7-20-9)12-15-16-13(21-8-11(14)18)17(12)5-3-6-19-2/h4,7H,3,5-6,8H2,1-2H3,(H2,14,18). The van der Waals surface area contributed by atoms with Crippen molar-refractivity contribution in [2.45, 2.75) is 25.0 Å². The van der Waals surface area contributed by atoms with Crippen molar-refractivity contribution in [3.05, 3.63) is 18.1 Å². The maximum Gasteiger partial charge on any atom is 0.227 e. The maximum atomic E-state index is 10.9. The fourth-order valence-corrected chi connectivity index (χ4v) is 2.62. The van der Waals surface area contributed by atoms with Crippen LogP contribution in [0.25, 0.3) is 11.4 Å². The first kappa shape index (κ1) is 15.6. The first-order valence-corrected chi connectivity index (χ1v) is 7.49. The highest BCUT2D eigenvalue weighted by molar-refractivity contribution is 7.99. The van der Waals surface area contributed by atoms with Gasteiger partial charge in [-0.2, -0.15) is 0 Å². The van der Waals surface area contributed by atoms with E-state index in [1.54, 1.807) is 13.4 Å². The van der Waals surface area contributed by atoms with Gasteiger partial charge in [0, 0.05) is 20.3 Å². The minimum absolute atomic E-state index is 0.173. The topological polar surface area (TPSA) is 96.2 Å². The third-order valence-corrected chi connectivity index (χ3v) is 3.88. The van der Waals surface area contributed by atoms with Crippen LogP contribution < -0.4 is 5.73 Å². The van der Waals surface area contributed by atoms with Gasteiger partial charge in [-0.25, -0.2) is 0 Å². The molecule has 0 aromatic carbocycles. The second kappa shape index (κ2) is 7.28. The first-order valence-electron chi connectivity index (χ1n) is 6.51. The average molecular weight is 310 g/mol. The number of nitrogens with zero attached hydrogens (tertiary/aromatic N) is 3. The van der Waals surface area contributed by atoms with Crippen LogP contribution in [-0.2, 0) is 16.1 Å². The molecule has 0 radical (unpaired) electrons. The summed E-state index contributed by atoms with van der Waals surface area (Å²) in [5, 5.41) is 9.03. The number of ether oxygens (including phenoxy) is 1. The molecule has 0 aliphatic carbocycles. The normalized spacial score (nSPS) is 11.0. The molecule has 8 heteroatoms. The lowest BCUT2D eigenvalue weighted by atomic mass is 10.2. The van der Waals surface area contributed by atoms with Crippen molar-refractivity contribution in [2.24, 2.45) is 5.73 Å². The number of aryl methyl sites for hydroxylation is 1. The van der Waals surface area contributed by atoms with E-state index < -0.39 is 0 Å². The van der Waals surface area contributed by atoms with E-state index in [9.17, 15) is 4.79 Å². The Labute approximate surface area is 126 Å². The van der Waals surface area contributed by atoms with Gasteiger partial charge in [-0.05, 0) is 19.4 Å². The Kier molecular flexibility index (Phi) is 5.40. The van der Waals surface area contributed by atoms with E-state index in [1.807, 2.05) is 17.6 Å². The van der Waals surface area contributed by atoms with Crippen LogP contribution in [0.2, 0.25) is 0 Å². The van der Waals surface area contributed by atoms with Crippen LogP contribution in [0.5, 0.6) is 0 Å². The van der Waals surface area contributed by atoms with Crippen LogP contribution in [-0.4, -0.2) is 40.1 Å². The lowest BCUT2D eigenvalue weighted by Gasteiger charge is -2.09. The zero-order chi connectivity index (χ0) is 15.2. The number of nitrogens with two attached hydrogens (primary N) is 1. The Morgan fingerprint density at radius 2 is 2.33 bits per heavy atom. The summed E-state index contributed by atoms with van der Waals surface area (Å²) < 4.78 is 12.4. The van der Waals surface area contributed by atoms with Gasteiger partial charge in [0.2, 0.25) is 5.91 Å². The van der Waals surface area contributed by atoms with E-state index in [0.29, 0.717) is 18.3 Å². The molecular formula is C13H18N4O3S. The molecule has 0 bridgehead atoms. The molecule has 0 spiro atoms. The van der Waals surface area contributed by atoms with Gasteiger partial charge in [0.1, 0.15) is 5.76 Å². The fourth-order valence-electron chi connectivity index (χ4n) is 1.92. The molecule has 0 unspecified atom stereocenters. The van der Waals surface area contributed by atoms with Gasteiger partial charge in [-0.15, -0.1) is 10.2 Å². The van der Waals surface area contributed by atoms with Crippen molar-refractivity contribution in [1.29, 1.82) is 0 Å². The molecule has 0 aliphatic heterocycles. The summed E-state index contributed by atoms with van der Waals surface area (Å²) in [5.74, 6) is 1.30. The van der Waals surface area contributed by atoms with Gasteiger partial charge in [0.05, 0.1) is 17.6 Å². The van der Waals surface area contributed by atoms with Gasteiger partial charge >= 0.3 is 0 Å². The van der Waals surface area contributed by atoms with Crippen molar-refractivity contribution in [3.63, 3.8) is 0 Å². The number of furan rings is 1. The van der Waals surface area contributed by atoms with Gasteiger partial charge in [-0.1, -0.05) is 11.8 Å². The Morgan fingerprint density at radius 1 is 1.52 bits per heavy atom. The zero-order valence-electron chi connectivity index (χ0n) is 12.0. The summed E-state index contributed by atoms with van der Waals surface area (Å²) in [6, 6.07) is 1.86. The number of amides is 1. The molecule has 0 atom stereocenters. The molecule has 114 valence electrons. The van der Waals surface area contributed by atoms with Gasteiger partial charge in [0.25, 0.3) is 0 Å². The van der Waals surface area contributed by atoms with Gasteiger partial charge in [-0.3, -0.25) is 4.79 Å². The SMILES string of the molecule is COCCCn1c(SCC(N)=O)nnc1-c1ccoc1C. The molecule has 0 saturated heterocycles. The van der Waals surface area contributed by atoms with Crippen LogP contribution in [0, 0.1) is 6.92 Å². The Bertz CT molecular complexity index is 608. The van der Waals surface area contributed by atoms with E-state index in [-0.39, 0.29) is 11.7 Å². The summed E-state index contributed by atoms with van der Waals surface area (Å²) in [6.07, 6.45) is 2.44. The number of thioether (sulfide) groups is 1. The lowest BCUT2D eigenvalue weighted by Crippen LogP contribution is -2.14. The Morgan fingerprint density at radius 3 is 2.95 bits per heavy atom. The van der Waals surface area contributed by atoms with Crippen molar-refractivity contribution < 1.29 is 13.9 Å². The molecule has 1 amide bonds. The quantitative estimate of drug-likeness (QED) is 0.586. The summed E-state index contributed by atoms with van der Waals surface area (Å²) >= 11 is 1.28. The molecule has 7 nitrogen and oxygen atoms in total. The van der Waals surface area contributed by atoms with Gasteiger partial charge < -0.3 is 19.5 Å². The van der Waals surface area contributed by atoms with E-state index in [1.165, 1.54) is 11.8 Å². The predicted octanol–water partition coefficient (Wildman–Crippen LogP) is 1.46. The van der Waals surface area contributed by atoms with Crippen molar-refractivity contribution in [3.8, 4) is 11.4 Å². The van der Waals surface area contributed by atoms with Crippen molar-refractivity contribution >= 4 is 17.7 Å². The summed E-state index contributed by atoms with van der Waals surface area (Å²) in [6.45, 7) is 3.21. The third-order valence-electron chi connectivity index (χ3n) is 2.89. The van der Waals surface area contributed by atoms with E-state index in [2.05, 4.69) is 10.2 Å². The van der Waals surface area contributed by atoms with E-state index >= 15 is 0 Å². The second-order valence-electron chi connectivity index (χ2n) is 4.45. The molecular weight excluding hydrogens is 292 g/mol. The molecule has 0 saturated carbocycles. The van der Waals surface area contributed by atoms with Crippen LogP contribution in [0.15, 0.2) is 21.9 Å². The highest BCUT2D eigenvalue weighted by Gasteiger charge is 2.17. The zero-order valence-corrected chi connectivity index (χ0v) is 12.9. The van der Waals surface area contributed by atoms with Crippen molar-refractivity contribution in [2.75, 3.05) is 19.5 Å². The molecule has 21 heavy (non-hydrogen) atoms. The van der Waals surface area contributed by atoms with Crippen LogP contribution >= 0.6 is 11.8 Å². The minimum Gasteiger partial charge on any atom is -0.469 e. The fraction of sp³-hybridized carbons (Fsp3) is 0.462. The number of methoxy groups -OCH3 is 1. The Hall–Kier alpha value is -1.80. The Balaban J connectivity index is 2.27. The smallest absolute Gasteiger partial charge is 0.227 e. The molecule has 2 heterocycles. The average Bonchev–Trinajstić information content (AvgIpc) is 3.03. The highest BCUT2D eigenvalue weighted by atomic mass is 32.2. The molecule has 0 aliphatic rings. The third kappa shape index (κ3) is 3.85. The number of hydrogen-bond donors (Lipinski definition) is 1. The predicted molar refractivity (Wildman–Crippen MR) is 78.9 cm³/mol. The first-order chi connectivity index (χ1) is 10.1. The van der Waals surface area contributed by atoms with Crippen LogP contribution in [0.3, 0.4) is 0 Å². The number of aromatic nitrogens is 3. The minimum atomic E-state index is -0.382. The van der Waals surface area contributed by atoms with Crippen molar-refractivity contribution in [1.82, 2.24) is 14.8 Å². The molecule has 2 aromatic rings. The number of carbonyl (C=O) groups is 1. The number of carbonyl (C=O) groups excluding carboxylic acids is 1. The summed E-state index contributed by atoms with van der Waals surface area (Å²) in [4.78, 5) is 10.9. The molecule has 2 rings (SSSR count). The number of primary amides is 1. The van der Waals surface area contributed by atoms with E-state index in [4.69, 9.17) is 14.9 Å². The number of rotatable bonds is 8. The lowest BCUT2D eigenvalue weighted by molar-refractivity contribution is -0.115. The van der Waals surface area contributed by atoms with Gasteiger partial charge in [0.15, 0.2) is 11.0 Å². The molecule has 2 aromatic heterocycles. The highest BCUT2D eigenvalue weighted by Crippen LogP contribution is 2.27. The van der Waals surface area contributed by atoms with Crippen LogP contribution in [0.4, 0.5) is 0 Å². The van der Waals surface area contributed by atoms with Crippen LogP contribution in [0.1, 0.15) is 12.2 Å². The summed E-state index contributed by atoms with van der Waals surface area (Å²) in [7, 11) is 1.66. The molecule has 2 N–H and O–H groups in total.